The number of rotatable bonds is 6. The van der Waals surface area contributed by atoms with Gasteiger partial charge in [-0.3, -0.25) is 4.68 Å². The van der Waals surface area contributed by atoms with Gasteiger partial charge in [-0.15, -0.1) is 0 Å². The summed E-state index contributed by atoms with van der Waals surface area (Å²) in [7, 11) is 1.87. The maximum Gasteiger partial charge on any atom is 0.318 e. The van der Waals surface area contributed by atoms with Crippen LogP contribution in [0.25, 0.3) is 0 Å². The number of amides is 2. The largest absolute Gasteiger partial charge is 0.395 e. The Morgan fingerprint density at radius 1 is 1.36 bits per heavy atom. The molecule has 1 heterocycles. The van der Waals surface area contributed by atoms with Gasteiger partial charge in [0.1, 0.15) is 0 Å². The molecular formula is C16H22N4O2. The van der Waals surface area contributed by atoms with Crippen LogP contribution in [0.2, 0.25) is 0 Å². The summed E-state index contributed by atoms with van der Waals surface area (Å²) in [5.41, 5.74) is 3.04. The number of nitrogens with zero attached hydrogens (tertiary/aromatic N) is 3. The fourth-order valence-corrected chi connectivity index (χ4v) is 2.18. The first-order valence-corrected chi connectivity index (χ1v) is 7.27. The number of aliphatic hydroxyl groups excluding tert-OH is 1. The zero-order valence-corrected chi connectivity index (χ0v) is 13.0. The number of aromatic nitrogens is 2. The van der Waals surface area contributed by atoms with Gasteiger partial charge in [0.05, 0.1) is 12.8 Å². The number of aryl methyl sites for hydroxylation is 1. The van der Waals surface area contributed by atoms with Gasteiger partial charge in [-0.05, 0) is 12.5 Å². The van der Waals surface area contributed by atoms with Crippen LogP contribution in [0, 0.1) is 6.92 Å². The third-order valence-corrected chi connectivity index (χ3v) is 3.64. The van der Waals surface area contributed by atoms with E-state index in [0.717, 1.165) is 16.8 Å². The third kappa shape index (κ3) is 4.08. The summed E-state index contributed by atoms with van der Waals surface area (Å²) >= 11 is 0. The number of nitrogens with one attached hydrogen (secondary N) is 1. The molecule has 0 aliphatic heterocycles. The van der Waals surface area contributed by atoms with Crippen molar-refractivity contribution in [1.82, 2.24) is 20.0 Å². The summed E-state index contributed by atoms with van der Waals surface area (Å²) in [6.07, 6.45) is 1.75. The van der Waals surface area contributed by atoms with Gasteiger partial charge < -0.3 is 15.3 Å². The highest BCUT2D eigenvalue weighted by molar-refractivity contribution is 5.74. The van der Waals surface area contributed by atoms with E-state index in [9.17, 15) is 4.79 Å². The number of hydrogen-bond donors (Lipinski definition) is 2. The van der Waals surface area contributed by atoms with E-state index in [1.165, 1.54) is 0 Å². The number of hydrogen-bond acceptors (Lipinski definition) is 3. The molecule has 0 aliphatic rings. The van der Waals surface area contributed by atoms with Gasteiger partial charge in [0.15, 0.2) is 0 Å². The number of aliphatic hydroxyl groups is 1. The fraction of sp³-hybridized carbons (Fsp3) is 0.375. The maximum absolute atomic E-state index is 12.3. The molecule has 2 aromatic rings. The Bertz CT molecular complexity index is 610. The van der Waals surface area contributed by atoms with Crippen LogP contribution in [0.15, 0.2) is 36.5 Å². The van der Waals surface area contributed by atoms with Gasteiger partial charge in [0.25, 0.3) is 0 Å². The Morgan fingerprint density at radius 2 is 2.09 bits per heavy atom. The van der Waals surface area contributed by atoms with E-state index in [0.29, 0.717) is 19.6 Å². The normalized spacial score (nSPS) is 10.5. The summed E-state index contributed by atoms with van der Waals surface area (Å²) in [6.45, 7) is 3.09. The second-order valence-corrected chi connectivity index (χ2v) is 5.17. The first kappa shape index (κ1) is 16.0. The highest BCUT2D eigenvalue weighted by atomic mass is 16.3. The van der Waals surface area contributed by atoms with Crippen LogP contribution >= 0.6 is 0 Å². The van der Waals surface area contributed by atoms with Crippen LogP contribution in [0.3, 0.4) is 0 Å². The minimum Gasteiger partial charge on any atom is -0.395 e. The van der Waals surface area contributed by atoms with E-state index in [1.807, 2.05) is 44.3 Å². The molecule has 2 N–H and O–H groups in total. The molecule has 1 aromatic heterocycles. The summed E-state index contributed by atoms with van der Waals surface area (Å²) in [5.74, 6) is 0. The molecular weight excluding hydrogens is 280 g/mol. The molecule has 0 bridgehead atoms. The van der Waals surface area contributed by atoms with Crippen LogP contribution < -0.4 is 5.32 Å². The third-order valence-electron chi connectivity index (χ3n) is 3.64. The van der Waals surface area contributed by atoms with Crippen molar-refractivity contribution in [3.05, 3.63) is 53.3 Å². The minimum absolute atomic E-state index is 0.0633. The molecule has 0 unspecified atom stereocenters. The molecule has 22 heavy (non-hydrogen) atoms. The second-order valence-electron chi connectivity index (χ2n) is 5.17. The number of carbonyl (C=O) groups is 1. The van der Waals surface area contributed by atoms with Gasteiger partial charge in [-0.2, -0.15) is 5.10 Å². The van der Waals surface area contributed by atoms with Crippen molar-refractivity contribution >= 4 is 6.03 Å². The van der Waals surface area contributed by atoms with Gasteiger partial charge in [-0.1, -0.05) is 30.3 Å². The van der Waals surface area contributed by atoms with Gasteiger partial charge >= 0.3 is 6.03 Å². The number of carbonyl (C=O) groups excluding carboxylic acids is 1. The topological polar surface area (TPSA) is 70.4 Å². The minimum atomic E-state index is -0.193. The predicted octanol–water partition coefficient (Wildman–Crippen LogP) is 1.43. The van der Waals surface area contributed by atoms with E-state index in [-0.39, 0.29) is 12.6 Å². The highest BCUT2D eigenvalue weighted by Gasteiger charge is 2.14. The van der Waals surface area contributed by atoms with Crippen molar-refractivity contribution in [2.75, 3.05) is 13.2 Å². The molecule has 6 heteroatoms. The lowest BCUT2D eigenvalue weighted by Gasteiger charge is -2.22. The summed E-state index contributed by atoms with van der Waals surface area (Å²) in [6, 6.07) is 9.53. The Labute approximate surface area is 130 Å². The standard InChI is InChI=1S/C16H22N4O2/c1-13-15(11-18-19(13)2)10-17-16(22)20(8-9-21)12-14-6-4-3-5-7-14/h3-7,11,21H,8-10,12H2,1-2H3,(H,17,22). The van der Waals surface area contributed by atoms with Crippen molar-refractivity contribution in [3.63, 3.8) is 0 Å². The van der Waals surface area contributed by atoms with Crippen LogP contribution in [0.1, 0.15) is 16.8 Å². The van der Waals surface area contributed by atoms with E-state index in [1.54, 1.807) is 15.8 Å². The lowest BCUT2D eigenvalue weighted by Crippen LogP contribution is -2.40. The average molecular weight is 302 g/mol. The Hall–Kier alpha value is -2.34. The zero-order valence-electron chi connectivity index (χ0n) is 13.0. The molecule has 0 fully saturated rings. The highest BCUT2D eigenvalue weighted by Crippen LogP contribution is 2.07. The quantitative estimate of drug-likeness (QED) is 0.848. The van der Waals surface area contributed by atoms with Gasteiger partial charge in [-0.25, -0.2) is 4.79 Å². The first-order chi connectivity index (χ1) is 10.6. The lowest BCUT2D eigenvalue weighted by atomic mass is 10.2. The monoisotopic (exact) mass is 302 g/mol. The number of urea groups is 1. The molecule has 0 spiro atoms. The van der Waals surface area contributed by atoms with Crippen LogP contribution in [-0.4, -0.2) is 39.0 Å². The first-order valence-electron chi connectivity index (χ1n) is 7.27. The zero-order chi connectivity index (χ0) is 15.9. The smallest absolute Gasteiger partial charge is 0.318 e. The molecule has 0 saturated heterocycles. The molecule has 0 atom stereocenters. The summed E-state index contributed by atoms with van der Waals surface area (Å²) in [5, 5.41) is 16.2. The van der Waals surface area contributed by atoms with E-state index in [4.69, 9.17) is 5.11 Å². The van der Waals surface area contributed by atoms with Crippen molar-refractivity contribution in [2.24, 2.45) is 7.05 Å². The van der Waals surface area contributed by atoms with Crippen LogP contribution in [-0.2, 0) is 20.1 Å². The Morgan fingerprint density at radius 3 is 2.68 bits per heavy atom. The van der Waals surface area contributed by atoms with Crippen molar-refractivity contribution in [1.29, 1.82) is 0 Å². The molecule has 1 aromatic carbocycles. The summed E-state index contributed by atoms with van der Waals surface area (Å²) < 4.78 is 1.77. The van der Waals surface area contributed by atoms with E-state index >= 15 is 0 Å². The molecule has 0 saturated carbocycles. The lowest BCUT2D eigenvalue weighted by molar-refractivity contribution is 0.173. The van der Waals surface area contributed by atoms with Crippen LogP contribution in [0.5, 0.6) is 0 Å². The van der Waals surface area contributed by atoms with E-state index in [2.05, 4.69) is 10.4 Å². The van der Waals surface area contributed by atoms with Crippen LogP contribution in [0.4, 0.5) is 4.79 Å². The molecule has 2 amide bonds. The fourth-order valence-electron chi connectivity index (χ4n) is 2.18. The molecule has 0 aliphatic carbocycles. The van der Waals surface area contributed by atoms with Crippen molar-refractivity contribution in [3.8, 4) is 0 Å². The van der Waals surface area contributed by atoms with Crippen molar-refractivity contribution < 1.29 is 9.90 Å². The summed E-state index contributed by atoms with van der Waals surface area (Å²) in [4.78, 5) is 13.9. The molecule has 2 rings (SSSR count). The average Bonchev–Trinajstić information content (AvgIpc) is 2.85. The Balaban J connectivity index is 1.96. The molecule has 118 valence electrons. The van der Waals surface area contributed by atoms with Crippen molar-refractivity contribution in [2.45, 2.75) is 20.0 Å². The van der Waals surface area contributed by atoms with Gasteiger partial charge in [0.2, 0.25) is 0 Å². The van der Waals surface area contributed by atoms with Gasteiger partial charge in [0, 0.05) is 37.9 Å². The second kappa shape index (κ2) is 7.61. The Kier molecular flexibility index (Phi) is 5.55. The number of benzene rings is 1. The predicted molar refractivity (Wildman–Crippen MR) is 84.1 cm³/mol. The van der Waals surface area contributed by atoms with E-state index < -0.39 is 0 Å². The molecule has 0 radical (unpaired) electrons. The SMILES string of the molecule is Cc1c(CNC(=O)N(CCO)Cc2ccccc2)cnn1C. The maximum atomic E-state index is 12.3. The molecule has 6 nitrogen and oxygen atoms in total.